The predicted molar refractivity (Wildman–Crippen MR) is 68.5 cm³/mol. The highest BCUT2D eigenvalue weighted by Gasteiger charge is 2.08. The highest BCUT2D eigenvalue weighted by atomic mass is 15.1. The fraction of sp³-hybridized carbons (Fsp3) is 0.429. The van der Waals surface area contributed by atoms with Gasteiger partial charge in [0.05, 0.1) is 0 Å². The lowest BCUT2D eigenvalue weighted by Crippen LogP contribution is -2.18. The van der Waals surface area contributed by atoms with Gasteiger partial charge in [-0.2, -0.15) is 0 Å². The number of anilines is 1. The van der Waals surface area contributed by atoms with Gasteiger partial charge in [-0.05, 0) is 44.5 Å². The zero-order valence-corrected chi connectivity index (χ0v) is 10.3. The van der Waals surface area contributed by atoms with Gasteiger partial charge in [-0.15, -0.1) is 0 Å². The first-order chi connectivity index (χ1) is 7.10. The number of rotatable bonds is 4. The molecule has 0 bridgehead atoms. The van der Waals surface area contributed by atoms with Crippen molar-refractivity contribution < 1.29 is 0 Å². The maximum absolute atomic E-state index is 3.89. The SMILES string of the molecule is C=CN(CCC)c1c(C)cc(C)cc1C. The minimum Gasteiger partial charge on any atom is -0.348 e. The summed E-state index contributed by atoms with van der Waals surface area (Å²) < 4.78 is 0. The molecule has 1 rings (SSSR count). The molecule has 0 aliphatic carbocycles. The predicted octanol–water partition coefficient (Wildman–Crippen LogP) is 3.97. The van der Waals surface area contributed by atoms with E-state index in [-0.39, 0.29) is 0 Å². The van der Waals surface area contributed by atoms with Gasteiger partial charge < -0.3 is 4.90 Å². The molecule has 0 atom stereocenters. The molecule has 0 amide bonds. The molecule has 0 N–H and O–H groups in total. The summed E-state index contributed by atoms with van der Waals surface area (Å²) in [5.74, 6) is 0. The third kappa shape index (κ3) is 2.62. The van der Waals surface area contributed by atoms with Crippen LogP contribution in [-0.4, -0.2) is 6.54 Å². The molecule has 1 aromatic carbocycles. The van der Waals surface area contributed by atoms with Crippen LogP contribution in [0.1, 0.15) is 30.0 Å². The van der Waals surface area contributed by atoms with E-state index in [2.05, 4.69) is 51.3 Å². The van der Waals surface area contributed by atoms with Crippen molar-refractivity contribution in [3.05, 3.63) is 41.6 Å². The third-order valence-electron chi connectivity index (χ3n) is 2.61. The van der Waals surface area contributed by atoms with Crippen LogP contribution in [0.4, 0.5) is 5.69 Å². The van der Waals surface area contributed by atoms with E-state index in [1.165, 1.54) is 22.4 Å². The summed E-state index contributed by atoms with van der Waals surface area (Å²) in [4.78, 5) is 2.24. The van der Waals surface area contributed by atoms with Gasteiger partial charge in [0.1, 0.15) is 0 Å². The number of hydrogen-bond acceptors (Lipinski definition) is 1. The lowest BCUT2D eigenvalue weighted by molar-refractivity contribution is 0.874. The Kier molecular flexibility index (Phi) is 3.96. The van der Waals surface area contributed by atoms with E-state index >= 15 is 0 Å². The highest BCUT2D eigenvalue weighted by molar-refractivity contribution is 5.61. The van der Waals surface area contributed by atoms with Crippen LogP contribution in [0, 0.1) is 20.8 Å². The molecular weight excluding hydrogens is 182 g/mol. The van der Waals surface area contributed by atoms with Crippen molar-refractivity contribution in [3.63, 3.8) is 0 Å². The zero-order valence-electron chi connectivity index (χ0n) is 10.3. The molecule has 15 heavy (non-hydrogen) atoms. The molecule has 0 heterocycles. The Morgan fingerprint density at radius 1 is 1.20 bits per heavy atom. The van der Waals surface area contributed by atoms with E-state index in [1.807, 2.05) is 6.20 Å². The quantitative estimate of drug-likeness (QED) is 0.715. The fourth-order valence-corrected chi connectivity index (χ4v) is 2.16. The first kappa shape index (κ1) is 11.8. The monoisotopic (exact) mass is 203 g/mol. The molecule has 82 valence electrons. The second-order valence-electron chi connectivity index (χ2n) is 4.12. The zero-order chi connectivity index (χ0) is 11.4. The van der Waals surface area contributed by atoms with Crippen LogP contribution in [0.25, 0.3) is 0 Å². The van der Waals surface area contributed by atoms with Crippen LogP contribution in [0.3, 0.4) is 0 Å². The average molecular weight is 203 g/mol. The maximum Gasteiger partial charge on any atom is 0.0465 e. The first-order valence-electron chi connectivity index (χ1n) is 5.57. The summed E-state index contributed by atoms with van der Waals surface area (Å²) >= 11 is 0. The number of hydrogen-bond donors (Lipinski definition) is 0. The van der Waals surface area contributed by atoms with Crippen molar-refractivity contribution in [2.75, 3.05) is 11.4 Å². The topological polar surface area (TPSA) is 3.24 Å². The van der Waals surface area contributed by atoms with Gasteiger partial charge in [0.25, 0.3) is 0 Å². The van der Waals surface area contributed by atoms with Gasteiger partial charge in [-0.1, -0.05) is 31.2 Å². The van der Waals surface area contributed by atoms with E-state index in [9.17, 15) is 0 Å². The Balaban J connectivity index is 3.16. The summed E-state index contributed by atoms with van der Waals surface area (Å²) in [6.45, 7) is 13.6. The summed E-state index contributed by atoms with van der Waals surface area (Å²) in [5.41, 5.74) is 5.31. The Hall–Kier alpha value is -1.24. The molecule has 1 nitrogen and oxygen atoms in total. The molecule has 0 saturated heterocycles. The van der Waals surface area contributed by atoms with Gasteiger partial charge in [-0.25, -0.2) is 0 Å². The van der Waals surface area contributed by atoms with Gasteiger partial charge >= 0.3 is 0 Å². The van der Waals surface area contributed by atoms with Gasteiger partial charge in [-0.3, -0.25) is 0 Å². The van der Waals surface area contributed by atoms with E-state index < -0.39 is 0 Å². The smallest absolute Gasteiger partial charge is 0.0465 e. The Labute approximate surface area is 93.4 Å². The van der Waals surface area contributed by atoms with Crippen LogP contribution < -0.4 is 4.90 Å². The van der Waals surface area contributed by atoms with Crippen molar-refractivity contribution in [2.45, 2.75) is 34.1 Å². The second-order valence-corrected chi connectivity index (χ2v) is 4.12. The van der Waals surface area contributed by atoms with Gasteiger partial charge in [0.2, 0.25) is 0 Å². The molecule has 1 heteroatoms. The van der Waals surface area contributed by atoms with Gasteiger partial charge in [0.15, 0.2) is 0 Å². The van der Waals surface area contributed by atoms with E-state index in [0.29, 0.717) is 0 Å². The molecule has 0 unspecified atom stereocenters. The lowest BCUT2D eigenvalue weighted by Gasteiger charge is -2.24. The average Bonchev–Trinajstić information content (AvgIpc) is 2.14. The Morgan fingerprint density at radius 2 is 1.73 bits per heavy atom. The first-order valence-corrected chi connectivity index (χ1v) is 5.57. The largest absolute Gasteiger partial charge is 0.348 e. The molecule has 0 aromatic heterocycles. The second kappa shape index (κ2) is 5.01. The molecule has 0 spiro atoms. The highest BCUT2D eigenvalue weighted by Crippen LogP contribution is 2.26. The van der Waals surface area contributed by atoms with Crippen LogP contribution in [0.5, 0.6) is 0 Å². The Bertz CT molecular complexity index is 329. The standard InChI is InChI=1S/C14H21N/c1-6-8-15(7-2)14-12(4)9-11(3)10-13(14)5/h7,9-10H,2,6,8H2,1,3-5H3. The summed E-state index contributed by atoms with van der Waals surface area (Å²) in [7, 11) is 0. The van der Waals surface area contributed by atoms with Crippen LogP contribution in [0.15, 0.2) is 24.9 Å². The Morgan fingerprint density at radius 3 is 2.13 bits per heavy atom. The molecule has 0 radical (unpaired) electrons. The lowest BCUT2D eigenvalue weighted by atomic mass is 10.0. The van der Waals surface area contributed by atoms with Crippen molar-refractivity contribution in [1.29, 1.82) is 0 Å². The van der Waals surface area contributed by atoms with Crippen molar-refractivity contribution in [2.24, 2.45) is 0 Å². The van der Waals surface area contributed by atoms with Crippen LogP contribution in [-0.2, 0) is 0 Å². The molecule has 0 aliphatic heterocycles. The molecule has 0 saturated carbocycles. The van der Waals surface area contributed by atoms with Crippen molar-refractivity contribution >= 4 is 5.69 Å². The van der Waals surface area contributed by atoms with Gasteiger partial charge in [0, 0.05) is 12.2 Å². The fourth-order valence-electron chi connectivity index (χ4n) is 2.16. The van der Waals surface area contributed by atoms with Crippen molar-refractivity contribution in [3.8, 4) is 0 Å². The summed E-state index contributed by atoms with van der Waals surface area (Å²) in [6, 6.07) is 4.46. The molecular formula is C14H21N. The minimum atomic E-state index is 1.04. The molecule has 0 aliphatic rings. The number of aryl methyl sites for hydroxylation is 3. The molecule has 1 aromatic rings. The normalized spacial score (nSPS) is 10.1. The van der Waals surface area contributed by atoms with E-state index in [1.54, 1.807) is 0 Å². The van der Waals surface area contributed by atoms with E-state index in [4.69, 9.17) is 0 Å². The van der Waals surface area contributed by atoms with Crippen LogP contribution >= 0.6 is 0 Å². The third-order valence-corrected chi connectivity index (χ3v) is 2.61. The maximum atomic E-state index is 3.89. The number of nitrogens with zero attached hydrogens (tertiary/aromatic N) is 1. The minimum absolute atomic E-state index is 1.04. The van der Waals surface area contributed by atoms with Crippen molar-refractivity contribution in [1.82, 2.24) is 0 Å². The number of benzene rings is 1. The summed E-state index contributed by atoms with van der Waals surface area (Å²) in [6.07, 6.45) is 3.06. The van der Waals surface area contributed by atoms with E-state index in [0.717, 1.165) is 13.0 Å². The summed E-state index contributed by atoms with van der Waals surface area (Å²) in [5, 5.41) is 0. The van der Waals surface area contributed by atoms with Crippen LogP contribution in [0.2, 0.25) is 0 Å². The molecule has 0 fully saturated rings.